The number of ether oxygens (including phenoxy) is 2. The maximum Gasteiger partial charge on any atom is 0.385 e. The van der Waals surface area contributed by atoms with Crippen LogP contribution in [0, 0.1) is 0 Å². The first-order valence-electron chi connectivity index (χ1n) is 23.4. The van der Waals surface area contributed by atoms with Gasteiger partial charge in [0, 0.05) is 19.3 Å². The molecule has 0 aromatic heterocycles. The molecule has 0 saturated heterocycles. The van der Waals surface area contributed by atoms with Crippen LogP contribution in [0.1, 0.15) is 220 Å². The fourth-order valence-electron chi connectivity index (χ4n) is 6.95. The molecule has 0 saturated carbocycles. The molecule has 3 atom stereocenters. The van der Waals surface area contributed by atoms with Gasteiger partial charge in [-0.15, -0.1) is 0 Å². The van der Waals surface area contributed by atoms with Crippen LogP contribution in [0.15, 0.2) is 24.3 Å². The Morgan fingerprint density at radius 2 is 0.911 bits per heavy atom. The summed E-state index contributed by atoms with van der Waals surface area (Å²) in [4.78, 5) is 36.5. The van der Waals surface area contributed by atoms with Gasteiger partial charge in [-0.3, -0.25) is 14.2 Å². The van der Waals surface area contributed by atoms with E-state index in [-0.39, 0.29) is 30.1 Å². The lowest BCUT2D eigenvalue weighted by atomic mass is 10.1. The molecule has 9 heteroatoms. The molecule has 0 radical (unpaired) electrons. The Morgan fingerprint density at radius 1 is 0.536 bits per heavy atom. The van der Waals surface area contributed by atoms with E-state index in [0.717, 1.165) is 77.0 Å². The Kier molecular flexibility index (Phi) is 36.8. The Morgan fingerprint density at radius 3 is 1.32 bits per heavy atom. The minimum Gasteiger partial charge on any atom is -0.462 e. The van der Waals surface area contributed by atoms with Gasteiger partial charge >= 0.3 is 19.5 Å². The SMILES string of the molecule is CCCCCCCC/C=C\CCCCCCCC(=O)OC[C@H](COP(=O)(O)C(CCCC)[N+](C)(C)C)OC(=O)CCCCCCC/C=C\CCCCCCCC. The summed E-state index contributed by atoms with van der Waals surface area (Å²) in [6, 6.07) is 0. The summed E-state index contributed by atoms with van der Waals surface area (Å²) in [5.41, 5.74) is 0. The zero-order valence-electron chi connectivity index (χ0n) is 37.6. The zero-order valence-corrected chi connectivity index (χ0v) is 38.5. The van der Waals surface area contributed by atoms with Crippen molar-refractivity contribution in [3.63, 3.8) is 0 Å². The summed E-state index contributed by atoms with van der Waals surface area (Å²) in [5.74, 6) is -1.36. The molecule has 0 aromatic carbocycles. The number of allylic oxidation sites excluding steroid dienone is 4. The van der Waals surface area contributed by atoms with E-state index in [1.54, 1.807) is 0 Å². The number of carbonyl (C=O) groups is 2. The van der Waals surface area contributed by atoms with Crippen LogP contribution in [0.25, 0.3) is 0 Å². The first kappa shape index (κ1) is 54.5. The molecular weight excluding hydrogens is 721 g/mol. The number of nitrogens with zero attached hydrogens (tertiary/aromatic N) is 1. The highest BCUT2D eigenvalue weighted by molar-refractivity contribution is 7.53. The van der Waals surface area contributed by atoms with E-state index < -0.39 is 25.5 Å². The van der Waals surface area contributed by atoms with Crippen LogP contribution in [-0.2, 0) is 28.2 Å². The van der Waals surface area contributed by atoms with E-state index in [1.165, 1.54) is 96.3 Å². The summed E-state index contributed by atoms with van der Waals surface area (Å²) in [6.07, 6.45) is 41.9. The van der Waals surface area contributed by atoms with Crippen molar-refractivity contribution in [1.29, 1.82) is 0 Å². The fourth-order valence-corrected chi connectivity index (χ4v) is 8.89. The normalized spacial score (nSPS) is 14.3. The predicted molar refractivity (Wildman–Crippen MR) is 237 cm³/mol. The molecular formula is C47H91NO7P+. The molecule has 0 fully saturated rings. The van der Waals surface area contributed by atoms with Gasteiger partial charge in [-0.1, -0.05) is 154 Å². The lowest BCUT2D eigenvalue weighted by molar-refractivity contribution is -0.883. The molecule has 0 heterocycles. The van der Waals surface area contributed by atoms with Gasteiger partial charge in [0.1, 0.15) is 6.61 Å². The minimum absolute atomic E-state index is 0.188. The van der Waals surface area contributed by atoms with Crippen molar-refractivity contribution in [1.82, 2.24) is 0 Å². The van der Waals surface area contributed by atoms with E-state index in [0.29, 0.717) is 19.3 Å². The van der Waals surface area contributed by atoms with Crippen LogP contribution in [0.5, 0.6) is 0 Å². The molecule has 0 bridgehead atoms. The zero-order chi connectivity index (χ0) is 41.6. The summed E-state index contributed by atoms with van der Waals surface area (Å²) < 4.78 is 30.6. The highest BCUT2D eigenvalue weighted by Gasteiger charge is 2.43. The molecule has 8 nitrogen and oxygen atoms in total. The van der Waals surface area contributed by atoms with Gasteiger partial charge in [0.2, 0.25) is 0 Å². The van der Waals surface area contributed by atoms with Gasteiger partial charge in [-0.25, -0.2) is 0 Å². The average molecular weight is 813 g/mol. The molecule has 0 aliphatic carbocycles. The van der Waals surface area contributed by atoms with Crippen molar-refractivity contribution in [2.24, 2.45) is 0 Å². The monoisotopic (exact) mass is 813 g/mol. The first-order valence-corrected chi connectivity index (χ1v) is 25.1. The second-order valence-electron chi connectivity index (χ2n) is 17.1. The molecule has 0 aromatic rings. The largest absolute Gasteiger partial charge is 0.462 e. The number of esters is 2. The maximum absolute atomic E-state index is 13.5. The number of rotatable bonds is 41. The summed E-state index contributed by atoms with van der Waals surface area (Å²) in [7, 11) is 1.58. The summed E-state index contributed by atoms with van der Waals surface area (Å²) in [5, 5.41) is 0. The first-order chi connectivity index (χ1) is 27.0. The molecule has 0 aliphatic heterocycles. The van der Waals surface area contributed by atoms with Crippen LogP contribution in [0.2, 0.25) is 0 Å². The highest BCUT2D eigenvalue weighted by Crippen LogP contribution is 2.52. The second-order valence-corrected chi connectivity index (χ2v) is 19.0. The lowest BCUT2D eigenvalue weighted by Crippen LogP contribution is -2.45. The Bertz CT molecular complexity index is 1020. The number of hydrogen-bond acceptors (Lipinski definition) is 6. The van der Waals surface area contributed by atoms with Crippen molar-refractivity contribution in [2.45, 2.75) is 232 Å². The number of quaternary nitrogens is 1. The quantitative estimate of drug-likeness (QED) is 0.0216. The van der Waals surface area contributed by atoms with Crippen LogP contribution >= 0.6 is 7.60 Å². The van der Waals surface area contributed by atoms with Crippen LogP contribution in [0.3, 0.4) is 0 Å². The van der Waals surface area contributed by atoms with Crippen molar-refractivity contribution < 1.29 is 37.5 Å². The van der Waals surface area contributed by atoms with Gasteiger partial charge < -0.3 is 23.4 Å². The molecule has 1 N–H and O–H groups in total. The van der Waals surface area contributed by atoms with E-state index in [9.17, 15) is 19.0 Å². The molecule has 0 amide bonds. The smallest absolute Gasteiger partial charge is 0.385 e. The van der Waals surface area contributed by atoms with Gasteiger partial charge in [-0.05, 0) is 70.6 Å². The van der Waals surface area contributed by atoms with E-state index in [4.69, 9.17) is 14.0 Å². The molecule has 330 valence electrons. The van der Waals surface area contributed by atoms with Gasteiger partial charge in [-0.2, -0.15) is 0 Å². The number of unbranched alkanes of at least 4 members (excludes halogenated alkanes) is 23. The van der Waals surface area contributed by atoms with Gasteiger partial charge in [0.05, 0.1) is 27.7 Å². The van der Waals surface area contributed by atoms with E-state index >= 15 is 0 Å². The maximum atomic E-state index is 13.5. The number of hydrogen-bond donors (Lipinski definition) is 1. The molecule has 0 aliphatic rings. The highest BCUT2D eigenvalue weighted by atomic mass is 31.2. The standard InChI is InChI=1S/C47H90NO7P/c1-7-10-13-15-17-19-21-23-25-27-29-31-33-35-37-40-46(49)53-42-44(43-54-56(51,52)45(39-12-9-3)48(4,5)6)55-47(50)41-38-36-34-32-30-28-26-24-22-20-18-16-14-11-8-2/h23-26,44-45H,7-22,27-43H2,1-6H3/p+1/b25-23-,26-24-/t44-,45?/m1/s1. The van der Waals surface area contributed by atoms with Crippen LogP contribution in [-0.4, -0.2) is 67.6 Å². The van der Waals surface area contributed by atoms with Gasteiger partial charge in [0.25, 0.3) is 0 Å². The van der Waals surface area contributed by atoms with Crippen molar-refractivity contribution in [2.75, 3.05) is 34.4 Å². The predicted octanol–water partition coefficient (Wildman–Crippen LogP) is 13.9. The van der Waals surface area contributed by atoms with Crippen LogP contribution in [0.4, 0.5) is 0 Å². The Balaban J connectivity index is 4.62. The Labute approximate surface area is 346 Å². The Hall–Kier alpha value is -1.47. The summed E-state index contributed by atoms with van der Waals surface area (Å²) >= 11 is 0. The third-order valence-electron chi connectivity index (χ3n) is 10.5. The number of carbonyl (C=O) groups excluding carboxylic acids is 2. The molecule has 56 heavy (non-hydrogen) atoms. The fraction of sp³-hybridized carbons (Fsp3) is 0.872. The molecule has 2 unspecified atom stereocenters. The second kappa shape index (κ2) is 37.8. The molecule has 0 spiro atoms. The minimum atomic E-state index is -4.07. The average Bonchev–Trinajstić information content (AvgIpc) is 3.15. The van der Waals surface area contributed by atoms with E-state index in [1.807, 2.05) is 28.1 Å². The van der Waals surface area contributed by atoms with Crippen molar-refractivity contribution in [3.05, 3.63) is 24.3 Å². The van der Waals surface area contributed by atoms with Crippen LogP contribution < -0.4 is 0 Å². The third-order valence-corrected chi connectivity index (χ3v) is 12.8. The van der Waals surface area contributed by atoms with E-state index in [2.05, 4.69) is 38.2 Å². The van der Waals surface area contributed by atoms with Gasteiger partial charge in [0.15, 0.2) is 11.9 Å². The topological polar surface area (TPSA) is 99.1 Å². The summed E-state index contributed by atoms with van der Waals surface area (Å²) in [6.45, 7) is 6.07. The lowest BCUT2D eigenvalue weighted by Gasteiger charge is -2.36. The van der Waals surface area contributed by atoms with Crippen molar-refractivity contribution >= 4 is 19.5 Å². The third kappa shape index (κ3) is 34.6. The molecule has 0 rings (SSSR count). The van der Waals surface area contributed by atoms with Crippen molar-refractivity contribution in [3.8, 4) is 0 Å².